The maximum Gasteiger partial charge on any atom is 0.234 e. The van der Waals surface area contributed by atoms with Gasteiger partial charge in [0, 0.05) is 25.3 Å². The van der Waals surface area contributed by atoms with Gasteiger partial charge in [0.05, 0.1) is 12.4 Å². The van der Waals surface area contributed by atoms with Gasteiger partial charge in [0.15, 0.2) is 11.6 Å². The molecule has 7 heteroatoms. The molecular weight excluding hydrogens is 333 g/mol. The van der Waals surface area contributed by atoms with Crippen molar-refractivity contribution in [3.05, 3.63) is 36.5 Å². The molecule has 1 aliphatic heterocycles. The van der Waals surface area contributed by atoms with Crippen molar-refractivity contribution in [2.24, 2.45) is 0 Å². The average molecular weight is 357 g/mol. The molecule has 2 aromatic heterocycles. The smallest absolute Gasteiger partial charge is 0.234 e. The number of nitrogens with one attached hydrogen (secondary N) is 1. The number of anilines is 2. The topological polar surface area (TPSA) is 63.2 Å². The molecule has 1 aliphatic carbocycles. The number of nitrogens with zero attached hydrogens (tertiary/aromatic N) is 4. The van der Waals surface area contributed by atoms with Crippen LogP contribution in [-0.2, 0) is 0 Å². The second-order valence-electron chi connectivity index (χ2n) is 7.01. The van der Waals surface area contributed by atoms with E-state index >= 15 is 0 Å². The molecule has 1 saturated heterocycles. The van der Waals surface area contributed by atoms with E-state index in [2.05, 4.69) is 20.3 Å². The fraction of sp³-hybridized carbons (Fsp3) is 0.526. The molecule has 1 saturated carbocycles. The first-order valence-electron chi connectivity index (χ1n) is 9.38. The SMILES string of the molecule is Fc1cccnc1N1CCC(Nc2cncc(OC3CCCCC3)n2)C1. The number of pyridine rings is 1. The summed E-state index contributed by atoms with van der Waals surface area (Å²) in [5, 5.41) is 3.39. The van der Waals surface area contributed by atoms with Crippen LogP contribution in [0.2, 0.25) is 0 Å². The molecule has 1 atom stereocenters. The van der Waals surface area contributed by atoms with Crippen LogP contribution < -0.4 is 15.0 Å². The predicted molar refractivity (Wildman–Crippen MR) is 98.0 cm³/mol. The minimum absolute atomic E-state index is 0.177. The Bertz CT molecular complexity index is 737. The van der Waals surface area contributed by atoms with Crippen molar-refractivity contribution in [2.75, 3.05) is 23.3 Å². The number of halogens is 1. The van der Waals surface area contributed by atoms with E-state index in [0.717, 1.165) is 25.8 Å². The highest BCUT2D eigenvalue weighted by molar-refractivity contribution is 5.43. The molecule has 138 valence electrons. The van der Waals surface area contributed by atoms with Crippen molar-refractivity contribution in [1.29, 1.82) is 0 Å². The molecule has 1 unspecified atom stereocenters. The molecule has 2 aromatic rings. The normalized spacial score (nSPS) is 21.0. The van der Waals surface area contributed by atoms with E-state index in [-0.39, 0.29) is 18.0 Å². The van der Waals surface area contributed by atoms with Crippen molar-refractivity contribution < 1.29 is 9.13 Å². The van der Waals surface area contributed by atoms with E-state index in [9.17, 15) is 4.39 Å². The quantitative estimate of drug-likeness (QED) is 0.885. The number of hydrogen-bond donors (Lipinski definition) is 1. The molecule has 3 heterocycles. The molecule has 0 radical (unpaired) electrons. The molecule has 0 spiro atoms. The molecule has 0 aromatic carbocycles. The van der Waals surface area contributed by atoms with Crippen LogP contribution in [0.3, 0.4) is 0 Å². The summed E-state index contributed by atoms with van der Waals surface area (Å²) >= 11 is 0. The van der Waals surface area contributed by atoms with E-state index in [4.69, 9.17) is 4.74 Å². The fourth-order valence-electron chi connectivity index (χ4n) is 3.72. The second-order valence-corrected chi connectivity index (χ2v) is 7.01. The third-order valence-corrected chi connectivity index (χ3v) is 5.03. The molecule has 0 amide bonds. The monoisotopic (exact) mass is 357 g/mol. The maximum absolute atomic E-state index is 13.9. The number of ether oxygens (including phenoxy) is 1. The molecule has 4 rings (SSSR count). The van der Waals surface area contributed by atoms with Crippen molar-refractivity contribution >= 4 is 11.6 Å². The Labute approximate surface area is 152 Å². The lowest BCUT2D eigenvalue weighted by Crippen LogP contribution is -2.27. The lowest BCUT2D eigenvalue weighted by molar-refractivity contribution is 0.148. The van der Waals surface area contributed by atoms with E-state index in [1.807, 2.05) is 4.90 Å². The predicted octanol–water partition coefficient (Wildman–Crippen LogP) is 3.41. The Morgan fingerprint density at radius 1 is 1.15 bits per heavy atom. The molecule has 2 aliphatic rings. The maximum atomic E-state index is 13.9. The first-order valence-corrected chi connectivity index (χ1v) is 9.38. The zero-order chi connectivity index (χ0) is 17.8. The van der Waals surface area contributed by atoms with Gasteiger partial charge in [0.2, 0.25) is 5.88 Å². The Balaban J connectivity index is 1.36. The lowest BCUT2D eigenvalue weighted by Gasteiger charge is -2.22. The fourth-order valence-corrected chi connectivity index (χ4v) is 3.72. The highest BCUT2D eigenvalue weighted by Gasteiger charge is 2.25. The average Bonchev–Trinajstić information content (AvgIpc) is 3.11. The van der Waals surface area contributed by atoms with Gasteiger partial charge in [-0.2, -0.15) is 4.98 Å². The van der Waals surface area contributed by atoms with Gasteiger partial charge < -0.3 is 15.0 Å². The molecule has 0 bridgehead atoms. The number of hydrogen-bond acceptors (Lipinski definition) is 6. The van der Waals surface area contributed by atoms with Gasteiger partial charge in [-0.05, 0) is 44.2 Å². The molecule has 2 fully saturated rings. The van der Waals surface area contributed by atoms with Gasteiger partial charge >= 0.3 is 0 Å². The van der Waals surface area contributed by atoms with Crippen LogP contribution in [-0.4, -0.2) is 40.2 Å². The Hall–Kier alpha value is -2.44. The summed E-state index contributed by atoms with van der Waals surface area (Å²) in [5.41, 5.74) is 0. The number of aromatic nitrogens is 3. The largest absolute Gasteiger partial charge is 0.473 e. The van der Waals surface area contributed by atoms with Gasteiger partial charge in [0.1, 0.15) is 11.9 Å². The van der Waals surface area contributed by atoms with Crippen LogP contribution in [0, 0.1) is 5.82 Å². The van der Waals surface area contributed by atoms with E-state index in [1.54, 1.807) is 24.7 Å². The van der Waals surface area contributed by atoms with Crippen molar-refractivity contribution in [1.82, 2.24) is 15.0 Å². The Morgan fingerprint density at radius 2 is 2.04 bits per heavy atom. The van der Waals surface area contributed by atoms with Crippen molar-refractivity contribution in [3.8, 4) is 5.88 Å². The highest BCUT2D eigenvalue weighted by Crippen LogP contribution is 2.24. The highest BCUT2D eigenvalue weighted by atomic mass is 19.1. The zero-order valence-electron chi connectivity index (χ0n) is 14.8. The van der Waals surface area contributed by atoms with Gasteiger partial charge in [-0.1, -0.05) is 6.42 Å². The summed E-state index contributed by atoms with van der Waals surface area (Å²) in [6, 6.07) is 3.23. The van der Waals surface area contributed by atoms with Crippen LogP contribution >= 0.6 is 0 Å². The first-order chi connectivity index (χ1) is 12.8. The lowest BCUT2D eigenvalue weighted by atomic mass is 9.98. The summed E-state index contributed by atoms with van der Waals surface area (Å²) in [5.74, 6) is 1.41. The standard InChI is InChI=1S/C19H24FN5O/c20-16-7-4-9-22-19(16)25-10-8-14(13-25)23-17-11-21-12-18(24-17)26-15-5-2-1-3-6-15/h4,7,9,11-12,14-15H,1-3,5-6,8,10,13H2,(H,23,24). The summed E-state index contributed by atoms with van der Waals surface area (Å²) in [6.45, 7) is 1.45. The van der Waals surface area contributed by atoms with Crippen LogP contribution in [0.5, 0.6) is 5.88 Å². The van der Waals surface area contributed by atoms with Gasteiger partial charge in [0.25, 0.3) is 0 Å². The number of rotatable bonds is 5. The summed E-state index contributed by atoms with van der Waals surface area (Å²) < 4.78 is 19.9. The second kappa shape index (κ2) is 7.85. The molecule has 1 N–H and O–H groups in total. The van der Waals surface area contributed by atoms with E-state index < -0.39 is 0 Å². The molecule has 6 nitrogen and oxygen atoms in total. The van der Waals surface area contributed by atoms with Gasteiger partial charge in [-0.3, -0.25) is 4.98 Å². The summed E-state index contributed by atoms with van der Waals surface area (Å²) in [4.78, 5) is 14.9. The van der Waals surface area contributed by atoms with E-state index in [0.29, 0.717) is 24.1 Å². The third kappa shape index (κ3) is 4.03. The molecule has 26 heavy (non-hydrogen) atoms. The zero-order valence-corrected chi connectivity index (χ0v) is 14.8. The Kier molecular flexibility index (Phi) is 5.13. The minimum atomic E-state index is -0.282. The van der Waals surface area contributed by atoms with Crippen LogP contribution in [0.4, 0.5) is 16.0 Å². The van der Waals surface area contributed by atoms with Crippen LogP contribution in [0.1, 0.15) is 38.5 Å². The summed E-state index contributed by atoms with van der Waals surface area (Å²) in [7, 11) is 0. The minimum Gasteiger partial charge on any atom is -0.473 e. The van der Waals surface area contributed by atoms with Crippen LogP contribution in [0.25, 0.3) is 0 Å². The summed E-state index contributed by atoms with van der Waals surface area (Å²) in [6.07, 6.45) is 12.1. The van der Waals surface area contributed by atoms with Gasteiger partial charge in [-0.15, -0.1) is 0 Å². The Morgan fingerprint density at radius 3 is 2.88 bits per heavy atom. The van der Waals surface area contributed by atoms with Gasteiger partial charge in [-0.25, -0.2) is 9.37 Å². The third-order valence-electron chi connectivity index (χ3n) is 5.03. The molecular formula is C19H24FN5O. The van der Waals surface area contributed by atoms with Crippen LogP contribution in [0.15, 0.2) is 30.7 Å². The van der Waals surface area contributed by atoms with E-state index in [1.165, 1.54) is 25.3 Å². The van der Waals surface area contributed by atoms with Crippen molar-refractivity contribution in [2.45, 2.75) is 50.7 Å². The first kappa shape index (κ1) is 17.0. The van der Waals surface area contributed by atoms with Crippen molar-refractivity contribution in [3.63, 3.8) is 0 Å².